The van der Waals surface area contributed by atoms with Crippen molar-refractivity contribution < 1.29 is 4.79 Å². The van der Waals surface area contributed by atoms with Crippen LogP contribution in [0.15, 0.2) is 36.8 Å². The molecule has 9 nitrogen and oxygen atoms in total. The van der Waals surface area contributed by atoms with Crippen molar-refractivity contribution in [3.05, 3.63) is 53.9 Å². The molecule has 0 saturated carbocycles. The smallest absolute Gasteiger partial charge is 0.274 e. The Morgan fingerprint density at radius 3 is 2.72 bits per heavy atom. The normalized spacial score (nSPS) is 20.9. The minimum Gasteiger partial charge on any atom is -0.335 e. The molecule has 5 heterocycles. The fraction of sp³-hybridized carbons (Fsp3) is 0.400. The number of amides is 1. The molecule has 0 spiro atoms. The number of carbonyl (C=O) groups is 1. The second-order valence-electron chi connectivity index (χ2n) is 7.69. The minimum absolute atomic E-state index is 0.0808. The maximum atomic E-state index is 13.3. The van der Waals surface area contributed by atoms with Gasteiger partial charge in [-0.3, -0.25) is 4.79 Å². The average Bonchev–Trinajstić information content (AvgIpc) is 3.22. The van der Waals surface area contributed by atoms with E-state index in [1.807, 2.05) is 30.9 Å². The second kappa shape index (κ2) is 6.91. The van der Waals surface area contributed by atoms with Gasteiger partial charge in [-0.2, -0.15) is 0 Å². The molecule has 2 saturated heterocycles. The highest BCUT2D eigenvalue weighted by Gasteiger charge is 2.45. The lowest BCUT2D eigenvalue weighted by Gasteiger charge is -2.53. The average molecular weight is 390 g/mol. The van der Waals surface area contributed by atoms with E-state index in [2.05, 4.69) is 30.2 Å². The molecule has 2 atom stereocenters. The van der Waals surface area contributed by atoms with Gasteiger partial charge in [0.15, 0.2) is 5.69 Å². The summed E-state index contributed by atoms with van der Waals surface area (Å²) >= 11 is 0. The van der Waals surface area contributed by atoms with E-state index in [-0.39, 0.29) is 11.9 Å². The molecule has 2 aliphatic heterocycles. The van der Waals surface area contributed by atoms with Crippen LogP contribution in [-0.4, -0.2) is 66.4 Å². The first kappa shape index (κ1) is 17.7. The summed E-state index contributed by atoms with van der Waals surface area (Å²) < 4.78 is 1.58. The summed E-state index contributed by atoms with van der Waals surface area (Å²) in [6.45, 7) is 6.29. The zero-order chi connectivity index (χ0) is 20.0. The van der Waals surface area contributed by atoms with Crippen LogP contribution in [0.2, 0.25) is 0 Å². The van der Waals surface area contributed by atoms with Crippen molar-refractivity contribution in [3.63, 3.8) is 0 Å². The SMILES string of the molecule is Cc1cc(C)nc(N2C[C@@H]3CCN(C(=O)c4ncccc4-n4ccnn4)C[C@@H]32)n1. The van der Waals surface area contributed by atoms with Crippen LogP contribution in [0.5, 0.6) is 0 Å². The number of aryl methyl sites for hydroxylation is 2. The van der Waals surface area contributed by atoms with Crippen molar-refractivity contribution in [1.29, 1.82) is 0 Å². The quantitative estimate of drug-likeness (QED) is 0.668. The number of piperidine rings is 1. The van der Waals surface area contributed by atoms with Crippen LogP contribution in [0.1, 0.15) is 28.3 Å². The Bertz CT molecular complexity index is 1030. The van der Waals surface area contributed by atoms with Gasteiger partial charge in [-0.05, 0) is 38.5 Å². The van der Waals surface area contributed by atoms with Gasteiger partial charge in [0.2, 0.25) is 5.95 Å². The predicted octanol–water partition coefficient (Wildman–Crippen LogP) is 1.42. The van der Waals surface area contributed by atoms with Crippen LogP contribution >= 0.6 is 0 Å². The Morgan fingerprint density at radius 1 is 1.14 bits per heavy atom. The maximum absolute atomic E-state index is 13.3. The summed E-state index contributed by atoms with van der Waals surface area (Å²) in [5, 5.41) is 7.85. The molecule has 3 aromatic heterocycles. The number of hydrogen-bond donors (Lipinski definition) is 0. The van der Waals surface area contributed by atoms with Crippen LogP contribution in [0.25, 0.3) is 5.69 Å². The van der Waals surface area contributed by atoms with Gasteiger partial charge in [-0.1, -0.05) is 5.21 Å². The van der Waals surface area contributed by atoms with Crippen molar-refractivity contribution in [2.24, 2.45) is 5.92 Å². The zero-order valence-electron chi connectivity index (χ0n) is 16.4. The standard InChI is InChI=1S/C20H22N8O/c1-13-10-14(2)24-20(23-13)27-11-15-5-8-26(12-17(15)27)19(29)18-16(4-3-6-21-18)28-9-7-22-25-28/h3-4,6-7,9-10,15,17H,5,8,11-12H2,1-2H3/t15-,17-/m0/s1. The maximum Gasteiger partial charge on any atom is 0.274 e. The van der Waals surface area contributed by atoms with Crippen molar-refractivity contribution >= 4 is 11.9 Å². The number of aromatic nitrogens is 6. The molecule has 3 aromatic rings. The van der Waals surface area contributed by atoms with Gasteiger partial charge in [0.25, 0.3) is 5.91 Å². The number of nitrogens with zero attached hydrogens (tertiary/aromatic N) is 8. The molecule has 0 radical (unpaired) electrons. The van der Waals surface area contributed by atoms with Gasteiger partial charge in [-0.15, -0.1) is 5.10 Å². The van der Waals surface area contributed by atoms with E-state index in [1.165, 1.54) is 0 Å². The molecule has 0 bridgehead atoms. The summed E-state index contributed by atoms with van der Waals surface area (Å²) in [5.74, 6) is 1.25. The molecular formula is C20H22N8O. The fourth-order valence-corrected chi connectivity index (χ4v) is 4.28. The summed E-state index contributed by atoms with van der Waals surface area (Å²) in [4.78, 5) is 31.0. The molecule has 0 N–H and O–H groups in total. The highest BCUT2D eigenvalue weighted by molar-refractivity contribution is 5.95. The molecule has 2 fully saturated rings. The Kier molecular flexibility index (Phi) is 4.22. The van der Waals surface area contributed by atoms with E-state index < -0.39 is 0 Å². The van der Waals surface area contributed by atoms with Crippen LogP contribution < -0.4 is 4.90 Å². The Labute approximate surface area is 168 Å². The first-order valence-corrected chi connectivity index (χ1v) is 9.80. The van der Waals surface area contributed by atoms with Crippen molar-refractivity contribution in [2.45, 2.75) is 26.3 Å². The number of pyridine rings is 1. The number of carbonyl (C=O) groups excluding carboxylic acids is 1. The van der Waals surface area contributed by atoms with E-state index in [0.717, 1.165) is 36.8 Å². The molecule has 148 valence electrons. The van der Waals surface area contributed by atoms with Gasteiger partial charge < -0.3 is 9.80 Å². The lowest BCUT2D eigenvalue weighted by molar-refractivity contribution is 0.0583. The van der Waals surface area contributed by atoms with Crippen molar-refractivity contribution in [2.75, 3.05) is 24.5 Å². The van der Waals surface area contributed by atoms with Crippen LogP contribution in [0, 0.1) is 19.8 Å². The summed E-state index contributed by atoms with van der Waals surface area (Å²) in [6, 6.07) is 5.85. The number of likely N-dealkylation sites (tertiary alicyclic amines) is 1. The van der Waals surface area contributed by atoms with Crippen LogP contribution in [-0.2, 0) is 0 Å². The first-order chi connectivity index (χ1) is 14.1. The van der Waals surface area contributed by atoms with Gasteiger partial charge in [0.1, 0.15) is 0 Å². The highest BCUT2D eigenvalue weighted by Crippen LogP contribution is 2.35. The third-order valence-electron chi connectivity index (χ3n) is 5.73. The van der Waals surface area contributed by atoms with Gasteiger partial charge >= 0.3 is 0 Å². The number of hydrogen-bond acceptors (Lipinski definition) is 7. The van der Waals surface area contributed by atoms with Crippen LogP contribution in [0.4, 0.5) is 5.95 Å². The lowest BCUT2D eigenvalue weighted by atomic mass is 9.82. The summed E-state index contributed by atoms with van der Waals surface area (Å²) in [5.41, 5.74) is 2.96. The van der Waals surface area contributed by atoms with E-state index in [1.54, 1.807) is 29.3 Å². The summed E-state index contributed by atoms with van der Waals surface area (Å²) in [6.07, 6.45) is 5.91. The topological polar surface area (TPSA) is 92.9 Å². The van der Waals surface area contributed by atoms with E-state index in [0.29, 0.717) is 23.8 Å². The van der Waals surface area contributed by atoms with E-state index >= 15 is 0 Å². The zero-order valence-corrected chi connectivity index (χ0v) is 16.4. The molecule has 1 amide bonds. The molecule has 29 heavy (non-hydrogen) atoms. The Balaban J connectivity index is 1.38. The molecule has 0 aliphatic carbocycles. The Morgan fingerprint density at radius 2 is 1.97 bits per heavy atom. The molecule has 0 aromatic carbocycles. The van der Waals surface area contributed by atoms with Gasteiger partial charge in [0, 0.05) is 43.1 Å². The van der Waals surface area contributed by atoms with Crippen LogP contribution in [0.3, 0.4) is 0 Å². The third kappa shape index (κ3) is 3.12. The molecule has 0 unspecified atom stereocenters. The van der Waals surface area contributed by atoms with Crippen molar-refractivity contribution in [1.82, 2.24) is 34.8 Å². The van der Waals surface area contributed by atoms with Crippen molar-refractivity contribution in [3.8, 4) is 5.69 Å². The number of rotatable bonds is 3. The van der Waals surface area contributed by atoms with E-state index in [4.69, 9.17) is 0 Å². The van der Waals surface area contributed by atoms with Gasteiger partial charge in [0.05, 0.1) is 24.1 Å². The molecule has 9 heteroatoms. The summed E-state index contributed by atoms with van der Waals surface area (Å²) in [7, 11) is 0. The molecule has 2 aliphatic rings. The van der Waals surface area contributed by atoms with Gasteiger partial charge in [-0.25, -0.2) is 19.6 Å². The fourth-order valence-electron chi connectivity index (χ4n) is 4.28. The third-order valence-corrected chi connectivity index (χ3v) is 5.73. The minimum atomic E-state index is -0.0808. The highest BCUT2D eigenvalue weighted by atomic mass is 16.2. The lowest BCUT2D eigenvalue weighted by Crippen LogP contribution is -2.65. The predicted molar refractivity (Wildman–Crippen MR) is 106 cm³/mol. The number of anilines is 1. The molecule has 5 rings (SSSR count). The largest absolute Gasteiger partial charge is 0.335 e. The monoisotopic (exact) mass is 390 g/mol. The molecular weight excluding hydrogens is 368 g/mol. The number of fused-ring (bicyclic) bond motifs is 1. The second-order valence-corrected chi connectivity index (χ2v) is 7.69. The first-order valence-electron chi connectivity index (χ1n) is 9.80. The van der Waals surface area contributed by atoms with E-state index in [9.17, 15) is 4.79 Å². The Hall–Kier alpha value is -3.36.